The molecule has 0 radical (unpaired) electrons. The minimum absolute atomic E-state index is 1.09. The number of rotatable bonds is 8. The lowest BCUT2D eigenvalue weighted by atomic mass is 9.84. The van der Waals surface area contributed by atoms with Crippen molar-refractivity contribution < 1.29 is 0 Å². The first kappa shape index (κ1) is 34.0. The van der Waals surface area contributed by atoms with Crippen LogP contribution in [-0.2, 0) is 0 Å². The summed E-state index contributed by atoms with van der Waals surface area (Å²) in [6, 6.07) is 85.7. The van der Waals surface area contributed by atoms with Gasteiger partial charge in [-0.2, -0.15) is 0 Å². The molecule has 1 nitrogen and oxygen atoms in total. The molecular weight excluding hydrogens is 687 g/mol. The summed E-state index contributed by atoms with van der Waals surface area (Å²) in [7, 11) is 0. The van der Waals surface area contributed by atoms with Crippen molar-refractivity contribution >= 4 is 38.6 Å². The van der Waals surface area contributed by atoms with Gasteiger partial charge in [0, 0.05) is 16.8 Å². The molecule has 0 amide bonds. The Kier molecular flexibility index (Phi) is 8.95. The molecular formula is C56H39N. The minimum atomic E-state index is 1.09. The first-order chi connectivity index (χ1) is 28.3. The van der Waals surface area contributed by atoms with Gasteiger partial charge < -0.3 is 4.90 Å². The van der Waals surface area contributed by atoms with Gasteiger partial charge in [-0.05, 0) is 108 Å². The number of benzene rings is 10. The lowest BCUT2D eigenvalue weighted by molar-refractivity contribution is 1.30. The largest absolute Gasteiger partial charge is 0.310 e. The highest BCUT2D eigenvalue weighted by molar-refractivity contribution is 6.25. The summed E-state index contributed by atoms with van der Waals surface area (Å²) in [4.78, 5) is 2.47. The molecule has 1 heteroatoms. The Balaban J connectivity index is 1.31. The average molecular weight is 726 g/mol. The SMILES string of the molecule is c1ccc(-c2ccc(N(c3cc(-c4ccccc4)cc(-c4ccccc4)c3)c3cccc4c(-c5ccccc5)c(-c5ccccc5)c5ccccc5c34)cc2)cc1. The van der Waals surface area contributed by atoms with E-state index in [1.165, 1.54) is 77.2 Å². The zero-order valence-corrected chi connectivity index (χ0v) is 31.5. The molecule has 0 unspecified atom stereocenters. The van der Waals surface area contributed by atoms with E-state index in [1.54, 1.807) is 0 Å². The molecule has 0 aromatic heterocycles. The summed E-state index contributed by atoms with van der Waals surface area (Å²) in [6.07, 6.45) is 0. The van der Waals surface area contributed by atoms with Gasteiger partial charge in [-0.25, -0.2) is 0 Å². The van der Waals surface area contributed by atoms with Crippen LogP contribution in [0.4, 0.5) is 17.1 Å². The second-order valence-corrected chi connectivity index (χ2v) is 14.5. The molecule has 0 bridgehead atoms. The van der Waals surface area contributed by atoms with Gasteiger partial charge in [0.05, 0.1) is 5.69 Å². The number of anilines is 3. The summed E-state index contributed by atoms with van der Waals surface area (Å²) >= 11 is 0. The van der Waals surface area contributed by atoms with Crippen LogP contribution in [0.25, 0.3) is 77.2 Å². The molecule has 0 spiro atoms. The van der Waals surface area contributed by atoms with Crippen LogP contribution in [0.15, 0.2) is 237 Å². The zero-order valence-electron chi connectivity index (χ0n) is 31.5. The van der Waals surface area contributed by atoms with E-state index in [4.69, 9.17) is 0 Å². The van der Waals surface area contributed by atoms with E-state index in [1.807, 2.05) is 0 Å². The van der Waals surface area contributed by atoms with Crippen molar-refractivity contribution in [3.05, 3.63) is 237 Å². The molecule has 0 heterocycles. The highest BCUT2D eigenvalue weighted by Crippen LogP contribution is 2.50. The number of fused-ring (bicyclic) bond motifs is 3. The molecule has 268 valence electrons. The maximum atomic E-state index is 2.47. The van der Waals surface area contributed by atoms with E-state index in [2.05, 4.69) is 241 Å². The molecule has 57 heavy (non-hydrogen) atoms. The predicted molar refractivity (Wildman–Crippen MR) is 243 cm³/mol. The molecule has 0 atom stereocenters. The van der Waals surface area contributed by atoms with Crippen molar-refractivity contribution in [1.29, 1.82) is 0 Å². The van der Waals surface area contributed by atoms with Crippen molar-refractivity contribution in [2.24, 2.45) is 0 Å². The van der Waals surface area contributed by atoms with Gasteiger partial charge in [0.2, 0.25) is 0 Å². The number of hydrogen-bond acceptors (Lipinski definition) is 1. The van der Waals surface area contributed by atoms with Crippen LogP contribution in [0.5, 0.6) is 0 Å². The van der Waals surface area contributed by atoms with Crippen molar-refractivity contribution in [3.63, 3.8) is 0 Å². The lowest BCUT2D eigenvalue weighted by Gasteiger charge is -2.30. The Labute approximate surface area is 334 Å². The third-order valence-corrected chi connectivity index (χ3v) is 11.0. The first-order valence-corrected chi connectivity index (χ1v) is 19.6. The zero-order chi connectivity index (χ0) is 38.0. The molecule has 0 aliphatic carbocycles. The van der Waals surface area contributed by atoms with Gasteiger partial charge >= 0.3 is 0 Å². The Morgan fingerprint density at radius 1 is 0.228 bits per heavy atom. The van der Waals surface area contributed by atoms with Gasteiger partial charge in [-0.3, -0.25) is 0 Å². The molecule has 0 fully saturated rings. The van der Waals surface area contributed by atoms with Crippen LogP contribution in [0.3, 0.4) is 0 Å². The Bertz CT molecular complexity index is 2900. The second-order valence-electron chi connectivity index (χ2n) is 14.5. The number of hydrogen-bond donors (Lipinski definition) is 0. The smallest absolute Gasteiger partial charge is 0.0546 e. The normalized spacial score (nSPS) is 11.2. The highest BCUT2D eigenvalue weighted by Gasteiger charge is 2.23. The molecule has 0 saturated heterocycles. The fourth-order valence-electron chi connectivity index (χ4n) is 8.41. The fraction of sp³-hybridized carbons (Fsp3) is 0. The standard InChI is InChI=1S/C56H39N/c1-6-19-40(20-7-1)43-33-35-48(36-34-43)57(49-38-46(41-21-8-2-9-22-41)37-47(39-49)42-23-10-3-11-24-42)53-32-18-31-52-55(45-27-14-5-15-28-45)54(44-25-12-4-13-26-44)50-29-16-17-30-51(50)56(52)53/h1-39H. The fourth-order valence-corrected chi connectivity index (χ4v) is 8.41. The second kappa shape index (κ2) is 15.0. The van der Waals surface area contributed by atoms with Crippen molar-refractivity contribution in [2.75, 3.05) is 4.90 Å². The van der Waals surface area contributed by atoms with Gasteiger partial charge in [0.15, 0.2) is 0 Å². The van der Waals surface area contributed by atoms with Crippen LogP contribution in [0.2, 0.25) is 0 Å². The predicted octanol–water partition coefficient (Wildman–Crippen LogP) is 15.8. The third-order valence-electron chi connectivity index (χ3n) is 11.0. The molecule has 0 saturated carbocycles. The van der Waals surface area contributed by atoms with Crippen molar-refractivity contribution in [3.8, 4) is 55.6 Å². The van der Waals surface area contributed by atoms with Gasteiger partial charge in [0.25, 0.3) is 0 Å². The minimum Gasteiger partial charge on any atom is -0.310 e. The molecule has 10 rings (SSSR count). The highest BCUT2D eigenvalue weighted by atomic mass is 15.1. The van der Waals surface area contributed by atoms with E-state index in [0.29, 0.717) is 0 Å². The molecule has 0 aliphatic rings. The van der Waals surface area contributed by atoms with Gasteiger partial charge in [-0.15, -0.1) is 0 Å². The van der Waals surface area contributed by atoms with E-state index in [-0.39, 0.29) is 0 Å². The summed E-state index contributed by atoms with van der Waals surface area (Å²) in [5.41, 5.74) is 15.3. The quantitative estimate of drug-likeness (QED) is 0.141. The van der Waals surface area contributed by atoms with Crippen molar-refractivity contribution in [2.45, 2.75) is 0 Å². The third kappa shape index (κ3) is 6.46. The van der Waals surface area contributed by atoms with Crippen LogP contribution in [0, 0.1) is 0 Å². The Morgan fingerprint density at radius 3 is 1.12 bits per heavy atom. The van der Waals surface area contributed by atoms with E-state index in [0.717, 1.165) is 17.1 Å². The van der Waals surface area contributed by atoms with Crippen LogP contribution in [-0.4, -0.2) is 0 Å². The maximum Gasteiger partial charge on any atom is 0.0546 e. The Morgan fingerprint density at radius 2 is 0.614 bits per heavy atom. The van der Waals surface area contributed by atoms with E-state index >= 15 is 0 Å². The van der Waals surface area contributed by atoms with Gasteiger partial charge in [-0.1, -0.05) is 200 Å². The summed E-state index contributed by atoms with van der Waals surface area (Å²) in [5.74, 6) is 0. The lowest BCUT2D eigenvalue weighted by Crippen LogP contribution is -2.11. The van der Waals surface area contributed by atoms with Crippen molar-refractivity contribution in [1.82, 2.24) is 0 Å². The van der Waals surface area contributed by atoms with E-state index in [9.17, 15) is 0 Å². The average Bonchev–Trinajstić information content (AvgIpc) is 3.30. The molecule has 0 aliphatic heterocycles. The number of nitrogens with zero attached hydrogens (tertiary/aromatic N) is 1. The summed E-state index contributed by atoms with van der Waals surface area (Å²) < 4.78 is 0. The van der Waals surface area contributed by atoms with Crippen LogP contribution in [0.1, 0.15) is 0 Å². The van der Waals surface area contributed by atoms with E-state index < -0.39 is 0 Å². The maximum absolute atomic E-state index is 2.47. The summed E-state index contributed by atoms with van der Waals surface area (Å²) in [5, 5.41) is 4.87. The monoisotopic (exact) mass is 725 g/mol. The topological polar surface area (TPSA) is 3.24 Å². The van der Waals surface area contributed by atoms with Gasteiger partial charge in [0.1, 0.15) is 0 Å². The Hall–Kier alpha value is -7.48. The van der Waals surface area contributed by atoms with Crippen LogP contribution >= 0.6 is 0 Å². The molecule has 10 aromatic rings. The summed E-state index contributed by atoms with van der Waals surface area (Å²) in [6.45, 7) is 0. The first-order valence-electron chi connectivity index (χ1n) is 19.6. The molecule has 10 aromatic carbocycles. The van der Waals surface area contributed by atoms with Crippen LogP contribution < -0.4 is 4.90 Å². The molecule has 0 N–H and O–H groups in total.